The van der Waals surface area contributed by atoms with Crippen molar-refractivity contribution in [3.05, 3.63) is 35.0 Å². The molecule has 2 aromatic rings. The SMILES string of the molecule is CCOc1cncc(-c2nc(C(C)(C)C)nc(Cl)c2C)c1. The number of halogens is 1. The van der Waals surface area contributed by atoms with Crippen LogP contribution >= 0.6 is 11.6 Å². The van der Waals surface area contributed by atoms with Crippen molar-refractivity contribution in [2.45, 2.75) is 40.0 Å². The van der Waals surface area contributed by atoms with E-state index in [4.69, 9.17) is 16.3 Å². The van der Waals surface area contributed by atoms with Crippen LogP contribution < -0.4 is 4.74 Å². The molecule has 112 valence electrons. The average molecular weight is 306 g/mol. The molecule has 0 N–H and O–H groups in total. The van der Waals surface area contributed by atoms with Crippen LogP contribution in [0.4, 0.5) is 0 Å². The van der Waals surface area contributed by atoms with E-state index in [2.05, 4.69) is 35.7 Å². The molecule has 0 saturated heterocycles. The highest BCUT2D eigenvalue weighted by Gasteiger charge is 2.21. The van der Waals surface area contributed by atoms with Crippen LogP contribution in [-0.2, 0) is 5.41 Å². The van der Waals surface area contributed by atoms with Gasteiger partial charge in [0.2, 0.25) is 0 Å². The van der Waals surface area contributed by atoms with Gasteiger partial charge in [0.1, 0.15) is 16.7 Å². The number of aromatic nitrogens is 3. The normalized spacial score (nSPS) is 11.5. The molecule has 0 aliphatic rings. The van der Waals surface area contributed by atoms with Crippen molar-refractivity contribution in [3.63, 3.8) is 0 Å². The molecule has 0 amide bonds. The molecule has 0 bridgehead atoms. The maximum Gasteiger partial charge on any atom is 0.138 e. The van der Waals surface area contributed by atoms with Crippen molar-refractivity contribution < 1.29 is 4.74 Å². The molecule has 2 aromatic heterocycles. The van der Waals surface area contributed by atoms with Gasteiger partial charge in [-0.2, -0.15) is 0 Å². The van der Waals surface area contributed by atoms with Crippen LogP contribution in [0.25, 0.3) is 11.3 Å². The van der Waals surface area contributed by atoms with Crippen LogP contribution in [0.2, 0.25) is 5.15 Å². The van der Waals surface area contributed by atoms with E-state index in [0.717, 1.165) is 28.4 Å². The number of nitrogens with zero attached hydrogens (tertiary/aromatic N) is 3. The van der Waals surface area contributed by atoms with Gasteiger partial charge in [-0.15, -0.1) is 0 Å². The van der Waals surface area contributed by atoms with Gasteiger partial charge >= 0.3 is 0 Å². The molecule has 2 heterocycles. The summed E-state index contributed by atoms with van der Waals surface area (Å²) in [7, 11) is 0. The van der Waals surface area contributed by atoms with Crippen LogP contribution in [-0.4, -0.2) is 21.6 Å². The molecule has 0 unspecified atom stereocenters. The lowest BCUT2D eigenvalue weighted by molar-refractivity contribution is 0.339. The van der Waals surface area contributed by atoms with Crippen LogP contribution in [0.1, 0.15) is 39.1 Å². The molecule has 0 aliphatic heterocycles. The van der Waals surface area contributed by atoms with Crippen molar-refractivity contribution in [2.75, 3.05) is 6.61 Å². The minimum atomic E-state index is -0.170. The van der Waals surface area contributed by atoms with E-state index in [9.17, 15) is 0 Å². The van der Waals surface area contributed by atoms with Crippen LogP contribution in [0.15, 0.2) is 18.5 Å². The second-order valence-corrected chi connectivity index (χ2v) is 6.26. The Bertz CT molecular complexity index is 650. The smallest absolute Gasteiger partial charge is 0.138 e. The monoisotopic (exact) mass is 305 g/mol. The Morgan fingerprint density at radius 3 is 2.52 bits per heavy atom. The molecule has 21 heavy (non-hydrogen) atoms. The molecule has 0 aliphatic carbocycles. The first-order chi connectivity index (χ1) is 9.82. The van der Waals surface area contributed by atoms with E-state index in [-0.39, 0.29) is 5.41 Å². The maximum absolute atomic E-state index is 6.27. The summed E-state index contributed by atoms with van der Waals surface area (Å²) in [6, 6.07) is 1.93. The third-order valence-electron chi connectivity index (χ3n) is 3.05. The Labute approximate surface area is 130 Å². The summed E-state index contributed by atoms with van der Waals surface area (Å²) in [6.07, 6.45) is 3.45. The molecular weight excluding hydrogens is 286 g/mol. The molecule has 2 rings (SSSR count). The highest BCUT2D eigenvalue weighted by molar-refractivity contribution is 6.30. The number of ether oxygens (including phenoxy) is 1. The third-order valence-corrected chi connectivity index (χ3v) is 3.42. The maximum atomic E-state index is 6.27. The first-order valence-corrected chi connectivity index (χ1v) is 7.33. The molecule has 0 fully saturated rings. The molecule has 4 nitrogen and oxygen atoms in total. The van der Waals surface area contributed by atoms with Crippen molar-refractivity contribution in [2.24, 2.45) is 0 Å². The Morgan fingerprint density at radius 1 is 1.19 bits per heavy atom. The van der Waals surface area contributed by atoms with Gasteiger partial charge in [-0.1, -0.05) is 32.4 Å². The van der Waals surface area contributed by atoms with Crippen molar-refractivity contribution in [1.82, 2.24) is 15.0 Å². The fourth-order valence-corrected chi connectivity index (χ4v) is 2.07. The van der Waals surface area contributed by atoms with E-state index in [1.807, 2.05) is 19.9 Å². The third kappa shape index (κ3) is 3.50. The molecule has 0 atom stereocenters. The Kier molecular flexibility index (Phi) is 4.47. The van der Waals surface area contributed by atoms with Gasteiger partial charge < -0.3 is 4.74 Å². The molecule has 0 aromatic carbocycles. The van der Waals surface area contributed by atoms with Crippen molar-refractivity contribution in [3.8, 4) is 17.0 Å². The van der Waals surface area contributed by atoms with Gasteiger partial charge in [0.25, 0.3) is 0 Å². The quantitative estimate of drug-likeness (QED) is 0.798. The molecular formula is C16H20ClN3O. The van der Waals surface area contributed by atoms with E-state index in [1.165, 1.54) is 0 Å². The fourth-order valence-electron chi connectivity index (χ4n) is 1.90. The fraction of sp³-hybridized carbons (Fsp3) is 0.438. The zero-order chi connectivity index (χ0) is 15.6. The summed E-state index contributed by atoms with van der Waals surface area (Å²) in [5.74, 6) is 1.44. The number of hydrogen-bond acceptors (Lipinski definition) is 4. The van der Waals surface area contributed by atoms with Crippen molar-refractivity contribution in [1.29, 1.82) is 0 Å². The number of pyridine rings is 1. The highest BCUT2D eigenvalue weighted by atomic mass is 35.5. The zero-order valence-electron chi connectivity index (χ0n) is 13.1. The standard InChI is InChI=1S/C16H20ClN3O/c1-6-21-12-7-11(8-18-9-12)13-10(2)14(17)20-15(19-13)16(3,4)5/h7-9H,6H2,1-5H3. The van der Waals surface area contributed by atoms with Gasteiger partial charge in [0.15, 0.2) is 0 Å². The van der Waals surface area contributed by atoms with E-state index in [0.29, 0.717) is 11.8 Å². The Morgan fingerprint density at radius 2 is 1.90 bits per heavy atom. The topological polar surface area (TPSA) is 47.9 Å². The Balaban J connectivity index is 2.57. The van der Waals surface area contributed by atoms with Crippen LogP contribution in [0.5, 0.6) is 5.75 Å². The number of rotatable bonds is 3. The summed E-state index contributed by atoms with van der Waals surface area (Å²) in [5, 5.41) is 0.478. The van der Waals surface area contributed by atoms with E-state index in [1.54, 1.807) is 12.4 Å². The summed E-state index contributed by atoms with van der Waals surface area (Å²) < 4.78 is 5.50. The molecule has 0 spiro atoms. The molecule has 0 radical (unpaired) electrons. The van der Waals surface area contributed by atoms with Gasteiger partial charge in [-0.05, 0) is 19.9 Å². The first kappa shape index (κ1) is 15.7. The largest absolute Gasteiger partial charge is 0.492 e. The van der Waals surface area contributed by atoms with E-state index >= 15 is 0 Å². The molecule has 0 saturated carbocycles. The predicted octanol–water partition coefficient (Wildman–Crippen LogP) is 4.20. The predicted molar refractivity (Wildman–Crippen MR) is 84.9 cm³/mol. The van der Waals surface area contributed by atoms with Crippen molar-refractivity contribution >= 4 is 11.6 Å². The second kappa shape index (κ2) is 5.98. The minimum Gasteiger partial charge on any atom is -0.492 e. The summed E-state index contributed by atoms with van der Waals surface area (Å²) in [5.41, 5.74) is 2.36. The summed E-state index contributed by atoms with van der Waals surface area (Å²) >= 11 is 6.27. The second-order valence-electron chi connectivity index (χ2n) is 5.90. The van der Waals surface area contributed by atoms with Gasteiger partial charge in [-0.3, -0.25) is 4.98 Å². The average Bonchev–Trinajstić information content (AvgIpc) is 2.41. The number of hydrogen-bond donors (Lipinski definition) is 0. The molecule has 5 heteroatoms. The Hall–Kier alpha value is -1.68. The van der Waals surface area contributed by atoms with Crippen LogP contribution in [0, 0.1) is 6.92 Å². The lowest BCUT2D eigenvalue weighted by atomic mass is 9.95. The van der Waals surface area contributed by atoms with Gasteiger partial charge in [0, 0.05) is 22.7 Å². The lowest BCUT2D eigenvalue weighted by Gasteiger charge is -2.19. The first-order valence-electron chi connectivity index (χ1n) is 6.95. The lowest BCUT2D eigenvalue weighted by Crippen LogP contribution is -2.17. The summed E-state index contributed by atoms with van der Waals surface area (Å²) in [4.78, 5) is 13.3. The van der Waals surface area contributed by atoms with Crippen LogP contribution in [0.3, 0.4) is 0 Å². The zero-order valence-corrected chi connectivity index (χ0v) is 13.8. The van der Waals surface area contributed by atoms with Gasteiger partial charge in [-0.25, -0.2) is 9.97 Å². The summed E-state index contributed by atoms with van der Waals surface area (Å²) in [6.45, 7) is 10.6. The van der Waals surface area contributed by atoms with E-state index < -0.39 is 0 Å². The van der Waals surface area contributed by atoms with Gasteiger partial charge in [0.05, 0.1) is 18.5 Å². The highest BCUT2D eigenvalue weighted by Crippen LogP contribution is 2.30. The minimum absolute atomic E-state index is 0.170.